The highest BCUT2D eigenvalue weighted by molar-refractivity contribution is 6.42. The van der Waals surface area contributed by atoms with E-state index in [9.17, 15) is 9.50 Å². The van der Waals surface area contributed by atoms with E-state index in [1.807, 2.05) is 0 Å². The lowest BCUT2D eigenvalue weighted by Gasteiger charge is -2.23. The molecule has 0 unspecified atom stereocenters. The summed E-state index contributed by atoms with van der Waals surface area (Å²) in [6.07, 6.45) is 2.83. The maximum absolute atomic E-state index is 14.4. The molecule has 2 aromatic carbocycles. The van der Waals surface area contributed by atoms with Crippen molar-refractivity contribution in [1.82, 2.24) is 9.97 Å². The number of fused-ring (bicyclic) bond motifs is 1. The van der Waals surface area contributed by atoms with Crippen molar-refractivity contribution in [2.75, 3.05) is 18.5 Å². The van der Waals surface area contributed by atoms with Gasteiger partial charge in [0.25, 0.3) is 0 Å². The summed E-state index contributed by atoms with van der Waals surface area (Å²) in [5, 5.41) is 13.7. The number of halogens is 3. The molecule has 2 heterocycles. The molecule has 1 fully saturated rings. The largest absolute Gasteiger partial charge is 0.504 e. The van der Waals surface area contributed by atoms with Crippen LogP contribution in [-0.4, -0.2) is 34.4 Å². The Labute approximate surface area is 170 Å². The average molecular weight is 424 g/mol. The minimum atomic E-state index is -0.690. The van der Waals surface area contributed by atoms with Crippen molar-refractivity contribution < 1.29 is 19.0 Å². The molecule has 0 saturated carbocycles. The van der Waals surface area contributed by atoms with Crippen molar-refractivity contribution in [2.24, 2.45) is 0 Å². The van der Waals surface area contributed by atoms with Crippen molar-refractivity contribution in [3.8, 4) is 11.5 Å². The molecule has 0 amide bonds. The third kappa shape index (κ3) is 3.78. The number of ether oxygens (including phenoxy) is 2. The zero-order chi connectivity index (χ0) is 19.7. The summed E-state index contributed by atoms with van der Waals surface area (Å²) in [5.41, 5.74) is 0.647. The van der Waals surface area contributed by atoms with E-state index < -0.39 is 5.82 Å². The summed E-state index contributed by atoms with van der Waals surface area (Å²) in [4.78, 5) is 8.37. The predicted octanol–water partition coefficient (Wildman–Crippen LogP) is 5.08. The van der Waals surface area contributed by atoms with Gasteiger partial charge in [0.15, 0.2) is 17.3 Å². The molecule has 3 aromatic rings. The van der Waals surface area contributed by atoms with Crippen LogP contribution in [0.2, 0.25) is 10.0 Å². The molecular formula is C19H16Cl2FN3O3. The minimum Gasteiger partial charge on any atom is -0.504 e. The van der Waals surface area contributed by atoms with Crippen LogP contribution in [0.25, 0.3) is 10.9 Å². The van der Waals surface area contributed by atoms with Crippen LogP contribution in [0.1, 0.15) is 12.8 Å². The lowest BCUT2D eigenvalue weighted by molar-refractivity contribution is 0.0246. The third-order valence-electron chi connectivity index (χ3n) is 4.47. The molecule has 4 rings (SSSR count). The number of aromatic nitrogens is 2. The van der Waals surface area contributed by atoms with E-state index in [1.54, 1.807) is 6.07 Å². The Balaban J connectivity index is 1.67. The fraction of sp³-hybridized carbons (Fsp3) is 0.263. The van der Waals surface area contributed by atoms with Crippen LogP contribution in [-0.2, 0) is 4.74 Å². The monoisotopic (exact) mass is 423 g/mol. The minimum absolute atomic E-state index is 0.0261. The van der Waals surface area contributed by atoms with E-state index in [0.29, 0.717) is 35.7 Å². The standard InChI is InChI=1S/C19H16Cl2FN3O3/c20-12-1-2-13(18(22)17(12)21)25-19-11-7-15(26)16(8-14(11)23-9-24-19)28-10-3-5-27-6-4-10/h1-2,7-10,26H,3-6H2,(H,23,24,25). The van der Waals surface area contributed by atoms with Gasteiger partial charge in [0.1, 0.15) is 18.2 Å². The second-order valence-electron chi connectivity index (χ2n) is 6.34. The molecule has 9 heteroatoms. The van der Waals surface area contributed by atoms with Crippen LogP contribution in [0.5, 0.6) is 11.5 Å². The van der Waals surface area contributed by atoms with E-state index in [-0.39, 0.29) is 27.6 Å². The van der Waals surface area contributed by atoms with Crippen LogP contribution in [0, 0.1) is 5.82 Å². The highest BCUT2D eigenvalue weighted by atomic mass is 35.5. The van der Waals surface area contributed by atoms with Gasteiger partial charge in [-0.3, -0.25) is 0 Å². The second-order valence-corrected chi connectivity index (χ2v) is 7.12. The van der Waals surface area contributed by atoms with Crippen molar-refractivity contribution in [3.63, 3.8) is 0 Å². The van der Waals surface area contributed by atoms with Gasteiger partial charge in [0.2, 0.25) is 0 Å². The molecular weight excluding hydrogens is 408 g/mol. The second kappa shape index (κ2) is 7.95. The van der Waals surface area contributed by atoms with Gasteiger partial charge in [0, 0.05) is 24.3 Å². The lowest BCUT2D eigenvalue weighted by atomic mass is 10.1. The summed E-state index contributed by atoms with van der Waals surface area (Å²) in [6.45, 7) is 1.26. The predicted molar refractivity (Wildman–Crippen MR) is 105 cm³/mol. The smallest absolute Gasteiger partial charge is 0.166 e. The average Bonchev–Trinajstić information content (AvgIpc) is 2.70. The molecule has 6 nitrogen and oxygen atoms in total. The Hall–Kier alpha value is -2.35. The molecule has 1 aliphatic heterocycles. The van der Waals surface area contributed by atoms with E-state index >= 15 is 0 Å². The molecule has 0 radical (unpaired) electrons. The van der Waals surface area contributed by atoms with Crippen LogP contribution in [0.4, 0.5) is 15.9 Å². The first-order chi connectivity index (χ1) is 13.5. The number of anilines is 2. The third-order valence-corrected chi connectivity index (χ3v) is 5.25. The van der Waals surface area contributed by atoms with Gasteiger partial charge in [-0.2, -0.15) is 0 Å². The number of aromatic hydroxyl groups is 1. The molecule has 0 bridgehead atoms. The summed E-state index contributed by atoms with van der Waals surface area (Å²) in [6, 6.07) is 6.07. The van der Waals surface area contributed by atoms with E-state index in [4.69, 9.17) is 32.7 Å². The molecule has 0 spiro atoms. The Kier molecular flexibility index (Phi) is 5.39. The van der Waals surface area contributed by atoms with Crippen LogP contribution < -0.4 is 10.1 Å². The number of phenolic OH excluding ortho intramolecular Hbond substituents is 1. The van der Waals surface area contributed by atoms with E-state index in [1.165, 1.54) is 24.5 Å². The Morgan fingerprint density at radius 1 is 1.18 bits per heavy atom. The van der Waals surface area contributed by atoms with Gasteiger partial charge in [-0.1, -0.05) is 23.2 Å². The maximum Gasteiger partial charge on any atom is 0.166 e. The summed E-state index contributed by atoms with van der Waals surface area (Å²) < 4.78 is 25.6. The van der Waals surface area contributed by atoms with Crippen LogP contribution >= 0.6 is 23.2 Å². The first-order valence-electron chi connectivity index (χ1n) is 8.65. The maximum atomic E-state index is 14.4. The van der Waals surface area contributed by atoms with E-state index in [0.717, 1.165) is 12.8 Å². The molecule has 2 N–H and O–H groups in total. The molecule has 28 heavy (non-hydrogen) atoms. The number of benzene rings is 2. The Morgan fingerprint density at radius 3 is 2.75 bits per heavy atom. The number of nitrogens with zero attached hydrogens (tertiary/aromatic N) is 2. The lowest BCUT2D eigenvalue weighted by Crippen LogP contribution is -2.25. The highest BCUT2D eigenvalue weighted by Crippen LogP contribution is 2.36. The summed E-state index contributed by atoms with van der Waals surface area (Å²) in [5.74, 6) is -0.0870. The van der Waals surface area contributed by atoms with E-state index in [2.05, 4.69) is 15.3 Å². The first kappa shape index (κ1) is 19.0. The molecule has 1 aliphatic rings. The molecule has 1 saturated heterocycles. The van der Waals surface area contributed by atoms with Gasteiger partial charge >= 0.3 is 0 Å². The zero-order valence-electron chi connectivity index (χ0n) is 14.6. The van der Waals surface area contributed by atoms with Gasteiger partial charge in [-0.15, -0.1) is 0 Å². The molecule has 0 atom stereocenters. The van der Waals surface area contributed by atoms with Crippen molar-refractivity contribution in [2.45, 2.75) is 18.9 Å². The fourth-order valence-corrected chi connectivity index (χ4v) is 3.30. The van der Waals surface area contributed by atoms with Crippen LogP contribution in [0.15, 0.2) is 30.6 Å². The van der Waals surface area contributed by atoms with Gasteiger partial charge in [-0.25, -0.2) is 14.4 Å². The quantitative estimate of drug-likeness (QED) is 0.569. The fourth-order valence-electron chi connectivity index (χ4n) is 2.99. The number of rotatable bonds is 4. The molecule has 1 aromatic heterocycles. The topological polar surface area (TPSA) is 76.5 Å². The van der Waals surface area contributed by atoms with Crippen molar-refractivity contribution >= 4 is 45.6 Å². The van der Waals surface area contributed by atoms with Gasteiger partial charge < -0.3 is 19.9 Å². The van der Waals surface area contributed by atoms with Crippen LogP contribution in [0.3, 0.4) is 0 Å². The Bertz CT molecular complexity index is 1030. The zero-order valence-corrected chi connectivity index (χ0v) is 16.1. The van der Waals surface area contributed by atoms with Gasteiger partial charge in [0.05, 0.1) is 34.5 Å². The molecule has 0 aliphatic carbocycles. The number of hydrogen-bond donors (Lipinski definition) is 2. The summed E-state index contributed by atoms with van der Waals surface area (Å²) >= 11 is 11.7. The number of hydrogen-bond acceptors (Lipinski definition) is 6. The normalized spacial score (nSPS) is 15.0. The highest BCUT2D eigenvalue weighted by Gasteiger charge is 2.19. The number of nitrogens with one attached hydrogen (secondary N) is 1. The van der Waals surface area contributed by atoms with Crippen molar-refractivity contribution in [3.05, 3.63) is 46.5 Å². The Morgan fingerprint density at radius 2 is 1.96 bits per heavy atom. The van der Waals surface area contributed by atoms with Crippen molar-refractivity contribution in [1.29, 1.82) is 0 Å². The summed E-state index contributed by atoms with van der Waals surface area (Å²) in [7, 11) is 0. The van der Waals surface area contributed by atoms with Gasteiger partial charge in [-0.05, 0) is 18.2 Å². The molecule has 146 valence electrons. The number of phenols is 1. The first-order valence-corrected chi connectivity index (χ1v) is 9.41. The SMILES string of the molecule is Oc1cc2c(Nc3ccc(Cl)c(Cl)c3F)ncnc2cc1OC1CCOCC1.